The Morgan fingerprint density at radius 2 is 2.18 bits per heavy atom. The van der Waals surface area contributed by atoms with Gasteiger partial charge in [0.25, 0.3) is 6.43 Å². The Morgan fingerprint density at radius 1 is 1.43 bits per heavy atom. The number of aromatic nitrogens is 2. The summed E-state index contributed by atoms with van der Waals surface area (Å²) < 4.78 is 32.2. The first-order valence-electron chi connectivity index (χ1n) is 8.37. The lowest BCUT2D eigenvalue weighted by atomic mass is 10.0. The number of alkyl halides is 2. The van der Waals surface area contributed by atoms with Crippen molar-refractivity contribution in [3.05, 3.63) is 35.2 Å². The number of hydrogen-bond donors (Lipinski definition) is 2. The molecule has 0 saturated carbocycles. The van der Waals surface area contributed by atoms with Crippen molar-refractivity contribution in [2.75, 3.05) is 23.4 Å². The van der Waals surface area contributed by atoms with Gasteiger partial charge in [-0.05, 0) is 11.6 Å². The molecule has 2 heterocycles. The number of nitrogens with zero attached hydrogens (tertiary/aromatic N) is 4. The smallest absolute Gasteiger partial charge is 0.302 e. The van der Waals surface area contributed by atoms with Crippen LogP contribution in [-0.4, -0.2) is 59.6 Å². The summed E-state index contributed by atoms with van der Waals surface area (Å²) in [6.45, 7) is 1.54. The Labute approximate surface area is 164 Å². The van der Waals surface area contributed by atoms with Gasteiger partial charge < -0.3 is 15.5 Å². The van der Waals surface area contributed by atoms with Gasteiger partial charge in [0.1, 0.15) is 12.4 Å². The van der Waals surface area contributed by atoms with Crippen molar-refractivity contribution < 1.29 is 18.3 Å². The number of nitrogens with one attached hydrogen (secondary N) is 2. The third kappa shape index (κ3) is 4.01. The summed E-state index contributed by atoms with van der Waals surface area (Å²) >= 11 is 6.01. The van der Waals surface area contributed by atoms with Crippen LogP contribution in [0.1, 0.15) is 12.5 Å². The molecule has 1 aromatic heterocycles. The second-order valence-corrected chi connectivity index (χ2v) is 6.24. The first-order chi connectivity index (χ1) is 13.4. The maximum atomic E-state index is 13.7. The lowest BCUT2D eigenvalue weighted by molar-refractivity contribution is -0.140. The van der Waals surface area contributed by atoms with Crippen molar-refractivity contribution in [1.29, 1.82) is 5.41 Å². The van der Waals surface area contributed by atoms with Crippen molar-refractivity contribution in [2.24, 2.45) is 4.99 Å². The van der Waals surface area contributed by atoms with Gasteiger partial charge in [0, 0.05) is 13.1 Å². The predicted octanol–water partition coefficient (Wildman–Crippen LogP) is 2.45. The van der Waals surface area contributed by atoms with E-state index in [9.17, 15) is 13.6 Å². The standard InChI is InChI=1S/C17H17ClF2N6O2/c1-9(27)28-7-6-22-14-10(8-21)15(25-17(18)24-14)26-12-5-3-2-4-11(12)23-16(26)13(19)20/h2-5,8,11-13,21H,6-7H2,1H3,(H,22,24,25). The molecule has 8 nitrogen and oxygen atoms in total. The minimum Gasteiger partial charge on any atom is -0.464 e. The molecule has 3 rings (SSSR count). The monoisotopic (exact) mass is 410 g/mol. The highest BCUT2D eigenvalue weighted by molar-refractivity contribution is 6.28. The van der Waals surface area contributed by atoms with E-state index in [1.807, 2.05) is 0 Å². The molecule has 28 heavy (non-hydrogen) atoms. The predicted molar refractivity (Wildman–Crippen MR) is 102 cm³/mol. The quantitative estimate of drug-likeness (QED) is 0.310. The van der Waals surface area contributed by atoms with Gasteiger partial charge >= 0.3 is 5.97 Å². The van der Waals surface area contributed by atoms with Gasteiger partial charge in [-0.2, -0.15) is 9.97 Å². The summed E-state index contributed by atoms with van der Waals surface area (Å²) in [4.78, 5) is 24.4. The fourth-order valence-electron chi connectivity index (χ4n) is 2.97. The second-order valence-electron chi connectivity index (χ2n) is 5.90. The van der Waals surface area contributed by atoms with Crippen LogP contribution in [0.5, 0.6) is 0 Å². The summed E-state index contributed by atoms with van der Waals surface area (Å²) in [6.07, 6.45) is 5.06. The minimum atomic E-state index is -2.83. The van der Waals surface area contributed by atoms with E-state index in [1.165, 1.54) is 11.8 Å². The molecule has 2 aliphatic rings. The van der Waals surface area contributed by atoms with E-state index in [-0.39, 0.29) is 35.6 Å². The van der Waals surface area contributed by atoms with Gasteiger partial charge in [-0.25, -0.2) is 8.78 Å². The zero-order chi connectivity index (χ0) is 20.3. The number of allylic oxidation sites excluding steroid dienone is 2. The molecule has 0 spiro atoms. The molecule has 1 aromatic rings. The first-order valence-corrected chi connectivity index (χ1v) is 8.75. The van der Waals surface area contributed by atoms with Crippen LogP contribution in [0.15, 0.2) is 29.3 Å². The van der Waals surface area contributed by atoms with Crippen LogP contribution >= 0.6 is 11.6 Å². The fraction of sp³-hybridized carbons (Fsp3) is 0.353. The van der Waals surface area contributed by atoms with Crippen LogP contribution in [0.3, 0.4) is 0 Å². The van der Waals surface area contributed by atoms with Crippen LogP contribution in [0.25, 0.3) is 0 Å². The minimum absolute atomic E-state index is 0.0523. The molecule has 2 atom stereocenters. The molecule has 0 radical (unpaired) electrons. The van der Waals surface area contributed by atoms with Gasteiger partial charge in [-0.15, -0.1) is 0 Å². The first kappa shape index (κ1) is 19.9. The highest BCUT2D eigenvalue weighted by Crippen LogP contribution is 2.34. The van der Waals surface area contributed by atoms with Crippen LogP contribution in [-0.2, 0) is 9.53 Å². The zero-order valence-corrected chi connectivity index (χ0v) is 15.5. The molecule has 1 aliphatic carbocycles. The third-order valence-electron chi connectivity index (χ3n) is 4.07. The number of amidine groups is 1. The second kappa shape index (κ2) is 8.42. The highest BCUT2D eigenvalue weighted by atomic mass is 35.5. The van der Waals surface area contributed by atoms with Crippen molar-refractivity contribution in [3.63, 3.8) is 0 Å². The Morgan fingerprint density at radius 3 is 2.86 bits per heavy atom. The van der Waals surface area contributed by atoms with E-state index in [0.717, 1.165) is 6.21 Å². The maximum Gasteiger partial charge on any atom is 0.302 e. The van der Waals surface area contributed by atoms with Crippen LogP contribution in [0.4, 0.5) is 20.4 Å². The summed E-state index contributed by atoms with van der Waals surface area (Å²) in [5.41, 5.74) is 0.171. The van der Waals surface area contributed by atoms with Gasteiger partial charge in [-0.1, -0.05) is 24.3 Å². The van der Waals surface area contributed by atoms with Crippen molar-refractivity contribution >= 4 is 41.3 Å². The number of halogens is 3. The SMILES string of the molecule is CC(=O)OCCNc1nc(Cl)nc(N2C(C(F)F)=NC3C=CC=CC32)c1C=N. The Bertz CT molecular complexity index is 873. The van der Waals surface area contributed by atoms with Crippen LogP contribution in [0, 0.1) is 5.41 Å². The van der Waals surface area contributed by atoms with E-state index in [2.05, 4.69) is 20.3 Å². The topological polar surface area (TPSA) is 104 Å². The molecule has 2 N–H and O–H groups in total. The lowest BCUT2D eigenvalue weighted by Gasteiger charge is -2.29. The number of anilines is 2. The number of hydrogen-bond acceptors (Lipinski definition) is 8. The Kier molecular flexibility index (Phi) is 5.98. The van der Waals surface area contributed by atoms with Crippen molar-refractivity contribution in [2.45, 2.75) is 25.4 Å². The molecule has 2 unspecified atom stereocenters. The van der Waals surface area contributed by atoms with E-state index in [4.69, 9.17) is 21.7 Å². The third-order valence-corrected chi connectivity index (χ3v) is 4.24. The molecule has 0 aromatic carbocycles. The molecule has 148 valence electrons. The summed E-state index contributed by atoms with van der Waals surface area (Å²) in [5, 5.41) is 10.5. The average Bonchev–Trinajstić information content (AvgIpc) is 3.04. The maximum absolute atomic E-state index is 13.7. The van der Waals surface area contributed by atoms with Gasteiger partial charge in [0.2, 0.25) is 5.28 Å². The average molecular weight is 411 g/mol. The Hall–Kier alpha value is -2.88. The van der Waals surface area contributed by atoms with Gasteiger partial charge in [-0.3, -0.25) is 14.7 Å². The lowest BCUT2D eigenvalue weighted by Crippen LogP contribution is -2.42. The van der Waals surface area contributed by atoms with E-state index in [0.29, 0.717) is 0 Å². The van der Waals surface area contributed by atoms with Crippen molar-refractivity contribution in [1.82, 2.24) is 9.97 Å². The fourth-order valence-corrected chi connectivity index (χ4v) is 3.13. The van der Waals surface area contributed by atoms with Crippen molar-refractivity contribution in [3.8, 4) is 0 Å². The highest BCUT2D eigenvalue weighted by Gasteiger charge is 2.41. The molecular formula is C17H17ClF2N6O2. The molecule has 1 aliphatic heterocycles. The normalized spacial score (nSPS) is 20.2. The van der Waals surface area contributed by atoms with Crippen LogP contribution in [0.2, 0.25) is 5.28 Å². The van der Waals surface area contributed by atoms with E-state index >= 15 is 0 Å². The van der Waals surface area contributed by atoms with Gasteiger partial charge in [0.05, 0.1) is 24.2 Å². The number of esters is 1. The molecule has 0 saturated heterocycles. The number of carbonyl (C=O) groups is 1. The number of carbonyl (C=O) groups excluding carboxylic acids is 1. The number of ether oxygens (including phenoxy) is 1. The van der Waals surface area contributed by atoms with E-state index in [1.54, 1.807) is 24.3 Å². The van der Waals surface area contributed by atoms with Crippen LogP contribution < -0.4 is 10.2 Å². The number of fused-ring (bicyclic) bond motifs is 1. The molecule has 0 fully saturated rings. The Balaban J connectivity index is 1.97. The molecular weight excluding hydrogens is 394 g/mol. The summed E-state index contributed by atoms with van der Waals surface area (Å²) in [6, 6.07) is -0.991. The van der Waals surface area contributed by atoms with E-state index < -0.39 is 30.3 Å². The largest absolute Gasteiger partial charge is 0.464 e. The summed E-state index contributed by atoms with van der Waals surface area (Å²) in [5.74, 6) is -0.663. The summed E-state index contributed by atoms with van der Waals surface area (Å²) in [7, 11) is 0. The molecule has 11 heteroatoms. The number of rotatable bonds is 7. The molecule has 0 bridgehead atoms. The molecule has 0 amide bonds. The van der Waals surface area contributed by atoms with Gasteiger partial charge in [0.15, 0.2) is 11.7 Å². The number of aliphatic imine (C=N–C) groups is 1. The zero-order valence-electron chi connectivity index (χ0n) is 14.8.